The van der Waals surface area contributed by atoms with Gasteiger partial charge in [-0.3, -0.25) is 9.10 Å². The minimum absolute atomic E-state index is 0.162. The van der Waals surface area contributed by atoms with Crippen LogP contribution in [0, 0.1) is 10.7 Å². The molecule has 0 radical (unpaired) electrons. The molecule has 2 aromatic rings. The lowest BCUT2D eigenvalue weighted by molar-refractivity contribution is 0.0240. The Labute approximate surface area is 268 Å². The van der Waals surface area contributed by atoms with Crippen LogP contribution in [0.15, 0.2) is 47.4 Å². The molecule has 1 atom stereocenters. The van der Waals surface area contributed by atoms with E-state index >= 15 is 0 Å². The summed E-state index contributed by atoms with van der Waals surface area (Å²) >= 11 is 0. The SMILES string of the molecule is CN(c1ccc(N2CCN(C(=O)OC(C)(C)C)CC2)cc1C(=O)Nc1ccc(S(=N)(=O)CCCCCC2CC2)cc1)S(C)(=O)=O. The Morgan fingerprint density at radius 2 is 1.62 bits per heavy atom. The van der Waals surface area contributed by atoms with Crippen LogP contribution < -0.4 is 14.5 Å². The predicted octanol–water partition coefficient (Wildman–Crippen LogP) is 5.77. The molecule has 45 heavy (non-hydrogen) atoms. The van der Waals surface area contributed by atoms with Crippen molar-refractivity contribution in [2.75, 3.05) is 59.8 Å². The van der Waals surface area contributed by atoms with Crippen molar-refractivity contribution in [3.05, 3.63) is 48.0 Å². The number of carbonyl (C=O) groups is 2. The molecule has 0 spiro atoms. The zero-order valence-corrected chi connectivity index (χ0v) is 28.6. The van der Waals surface area contributed by atoms with Crippen molar-refractivity contribution in [3.8, 4) is 0 Å². The van der Waals surface area contributed by atoms with Crippen LogP contribution in [-0.2, 0) is 24.5 Å². The molecule has 2 amide bonds. The van der Waals surface area contributed by atoms with Gasteiger partial charge in [0.25, 0.3) is 5.91 Å². The number of carbonyl (C=O) groups excluding carboxylic acids is 2. The third kappa shape index (κ3) is 9.83. The average Bonchev–Trinajstić information content (AvgIpc) is 3.80. The largest absolute Gasteiger partial charge is 0.444 e. The average molecular weight is 662 g/mol. The maximum Gasteiger partial charge on any atom is 0.410 e. The van der Waals surface area contributed by atoms with E-state index in [4.69, 9.17) is 9.52 Å². The number of benzene rings is 2. The second-order valence-corrected chi connectivity index (χ2v) is 17.3. The molecule has 1 saturated heterocycles. The molecule has 1 heterocycles. The quantitative estimate of drug-likeness (QED) is 0.275. The van der Waals surface area contributed by atoms with Gasteiger partial charge in [0, 0.05) is 55.2 Å². The van der Waals surface area contributed by atoms with Crippen LogP contribution in [-0.4, -0.2) is 80.4 Å². The first-order chi connectivity index (χ1) is 21.0. The Kier molecular flexibility index (Phi) is 10.7. The highest BCUT2D eigenvalue weighted by Crippen LogP contribution is 2.34. The van der Waals surface area contributed by atoms with Crippen LogP contribution >= 0.6 is 0 Å². The van der Waals surface area contributed by atoms with Gasteiger partial charge < -0.3 is 19.9 Å². The molecule has 2 aliphatic rings. The third-order valence-electron chi connectivity index (χ3n) is 8.09. The Morgan fingerprint density at radius 1 is 0.978 bits per heavy atom. The number of rotatable bonds is 12. The number of anilines is 3. The van der Waals surface area contributed by atoms with Crippen molar-refractivity contribution in [2.24, 2.45) is 5.92 Å². The van der Waals surface area contributed by atoms with Gasteiger partial charge in [0.2, 0.25) is 10.0 Å². The summed E-state index contributed by atoms with van der Waals surface area (Å²) in [6.07, 6.45) is 7.42. The lowest BCUT2D eigenvalue weighted by Gasteiger charge is -2.37. The van der Waals surface area contributed by atoms with Crippen molar-refractivity contribution >= 4 is 48.8 Å². The molecule has 248 valence electrons. The number of nitrogens with one attached hydrogen (secondary N) is 2. The first kappa shape index (κ1) is 34.6. The third-order valence-corrected chi connectivity index (χ3v) is 11.2. The molecular formula is C32H47N5O6S2. The number of unbranched alkanes of at least 4 members (excludes halogenated alkanes) is 2. The number of nitrogens with zero attached hydrogens (tertiary/aromatic N) is 3. The minimum Gasteiger partial charge on any atom is -0.444 e. The van der Waals surface area contributed by atoms with Crippen molar-refractivity contribution in [1.29, 1.82) is 4.78 Å². The van der Waals surface area contributed by atoms with Crippen LogP contribution in [0.1, 0.15) is 69.7 Å². The van der Waals surface area contributed by atoms with Crippen LogP contribution in [0.2, 0.25) is 0 Å². The number of amides is 2. The van der Waals surface area contributed by atoms with Crippen LogP contribution in [0.5, 0.6) is 0 Å². The highest BCUT2D eigenvalue weighted by atomic mass is 32.2. The first-order valence-corrected chi connectivity index (χ1v) is 19.1. The van der Waals surface area contributed by atoms with E-state index < -0.39 is 31.3 Å². The number of ether oxygens (including phenoxy) is 1. The molecule has 1 aliphatic heterocycles. The van der Waals surface area contributed by atoms with E-state index in [9.17, 15) is 22.2 Å². The minimum atomic E-state index is -3.66. The fraction of sp³-hybridized carbons (Fsp3) is 0.562. The summed E-state index contributed by atoms with van der Waals surface area (Å²) in [5.41, 5.74) is 0.949. The van der Waals surface area contributed by atoms with Crippen molar-refractivity contribution < 1.29 is 27.0 Å². The summed E-state index contributed by atoms with van der Waals surface area (Å²) in [4.78, 5) is 30.2. The van der Waals surface area contributed by atoms with Crippen molar-refractivity contribution in [2.45, 2.75) is 69.8 Å². The van der Waals surface area contributed by atoms with Crippen LogP contribution in [0.25, 0.3) is 0 Å². The van der Waals surface area contributed by atoms with E-state index in [-0.39, 0.29) is 17.3 Å². The second kappa shape index (κ2) is 14.0. The number of hydrogen-bond donors (Lipinski definition) is 2. The Morgan fingerprint density at radius 3 is 2.20 bits per heavy atom. The lowest BCUT2D eigenvalue weighted by Crippen LogP contribution is -2.50. The highest BCUT2D eigenvalue weighted by Gasteiger charge is 2.28. The smallest absolute Gasteiger partial charge is 0.410 e. The maximum absolute atomic E-state index is 13.6. The van der Waals surface area contributed by atoms with Crippen molar-refractivity contribution in [3.63, 3.8) is 0 Å². The summed E-state index contributed by atoms with van der Waals surface area (Å²) in [6.45, 7) is 7.36. The molecule has 11 nitrogen and oxygen atoms in total. The molecule has 1 saturated carbocycles. The number of sulfonamides is 1. The van der Waals surface area contributed by atoms with Crippen molar-refractivity contribution in [1.82, 2.24) is 4.90 Å². The second-order valence-electron chi connectivity index (χ2n) is 13.0. The molecule has 0 aromatic heterocycles. The lowest BCUT2D eigenvalue weighted by atomic mass is 10.1. The maximum atomic E-state index is 13.6. The summed E-state index contributed by atoms with van der Waals surface area (Å²) in [5.74, 6) is 0.674. The summed E-state index contributed by atoms with van der Waals surface area (Å²) in [7, 11) is -5.20. The van der Waals surface area contributed by atoms with E-state index in [2.05, 4.69) is 5.32 Å². The molecular weight excluding hydrogens is 615 g/mol. The van der Waals surface area contributed by atoms with E-state index in [1.165, 1.54) is 26.3 Å². The fourth-order valence-corrected chi connectivity index (χ4v) is 7.16. The van der Waals surface area contributed by atoms with Gasteiger partial charge in [0.05, 0.1) is 27.2 Å². The summed E-state index contributed by atoms with van der Waals surface area (Å²) < 4.78 is 52.9. The van der Waals surface area contributed by atoms with Gasteiger partial charge in [-0.05, 0) is 75.6 Å². The van der Waals surface area contributed by atoms with Gasteiger partial charge in [0.15, 0.2) is 0 Å². The van der Waals surface area contributed by atoms with E-state index in [0.717, 1.165) is 41.4 Å². The summed E-state index contributed by atoms with van der Waals surface area (Å²) in [6, 6.07) is 11.5. The predicted molar refractivity (Wildman–Crippen MR) is 179 cm³/mol. The van der Waals surface area contributed by atoms with Gasteiger partial charge in [0.1, 0.15) is 5.60 Å². The number of hydrogen-bond acceptors (Lipinski definition) is 8. The molecule has 2 fully saturated rings. The van der Waals surface area contributed by atoms with E-state index in [1.807, 2.05) is 25.7 Å². The molecule has 2 aromatic carbocycles. The molecule has 13 heteroatoms. The zero-order chi connectivity index (χ0) is 33.0. The van der Waals surface area contributed by atoms with Gasteiger partial charge >= 0.3 is 6.09 Å². The topological polar surface area (TPSA) is 140 Å². The Balaban J connectivity index is 1.45. The molecule has 1 aliphatic carbocycles. The monoisotopic (exact) mass is 661 g/mol. The molecule has 2 N–H and O–H groups in total. The Bertz CT molecular complexity index is 1570. The zero-order valence-electron chi connectivity index (χ0n) is 27.0. The van der Waals surface area contributed by atoms with E-state index in [1.54, 1.807) is 47.4 Å². The van der Waals surface area contributed by atoms with Gasteiger partial charge in [-0.1, -0.05) is 32.1 Å². The fourth-order valence-electron chi connectivity index (χ4n) is 5.23. The van der Waals surface area contributed by atoms with Crippen LogP contribution in [0.3, 0.4) is 0 Å². The first-order valence-electron chi connectivity index (χ1n) is 15.5. The summed E-state index contributed by atoms with van der Waals surface area (Å²) in [5, 5.41) is 2.83. The highest BCUT2D eigenvalue weighted by molar-refractivity contribution is 7.92. The molecule has 4 rings (SSSR count). The van der Waals surface area contributed by atoms with E-state index in [0.29, 0.717) is 42.5 Å². The van der Waals surface area contributed by atoms with Gasteiger partial charge in [-0.15, -0.1) is 0 Å². The molecule has 0 bridgehead atoms. The Hall–Kier alpha value is -3.32. The normalized spacial score (nSPS) is 17.0. The van der Waals surface area contributed by atoms with Gasteiger partial charge in [-0.2, -0.15) is 0 Å². The molecule has 1 unspecified atom stereocenters. The number of piperazine rings is 1. The van der Waals surface area contributed by atoms with Gasteiger partial charge in [-0.25, -0.2) is 22.2 Å². The standard InChI is InChI=1S/C32H47N5O6S2/c1-32(2,3)43-31(39)37-20-18-36(19-21-37)26-14-17-29(35(4)44(5,40)41)28(23-26)30(38)34-25-12-15-27(16-13-25)45(33,42)22-8-6-7-9-24-10-11-24/h12-17,23-24,33H,6-11,18-22H2,1-5H3,(H,34,38). The van der Waals surface area contributed by atoms with Crippen LogP contribution in [0.4, 0.5) is 21.9 Å².